The Hall–Kier alpha value is -3.60. The maximum atomic E-state index is 13.0. The van der Waals surface area contributed by atoms with Crippen molar-refractivity contribution in [2.75, 3.05) is 14.2 Å². The summed E-state index contributed by atoms with van der Waals surface area (Å²) in [7, 11) is 2.80. The van der Waals surface area contributed by atoms with Gasteiger partial charge in [0, 0.05) is 5.56 Å². The smallest absolute Gasteiger partial charge is 0.341 e. The first kappa shape index (κ1) is 22.1. The summed E-state index contributed by atoms with van der Waals surface area (Å²) < 4.78 is 42.8. The quantitative estimate of drug-likeness (QED) is 0.317. The van der Waals surface area contributed by atoms with Gasteiger partial charge in [0.15, 0.2) is 0 Å². The molecule has 2 aromatic carbocycles. The second kappa shape index (κ2) is 9.94. The molecule has 0 amide bonds. The van der Waals surface area contributed by atoms with Crippen LogP contribution in [-0.4, -0.2) is 41.3 Å². The van der Waals surface area contributed by atoms with E-state index in [-0.39, 0.29) is 16.9 Å². The van der Waals surface area contributed by atoms with Crippen LogP contribution >= 0.6 is 12.2 Å². The average Bonchev–Trinajstić information content (AvgIpc) is 3.16. The highest BCUT2D eigenvalue weighted by Gasteiger charge is 2.16. The minimum atomic E-state index is -2.83. The van der Waals surface area contributed by atoms with E-state index in [0.717, 1.165) is 4.68 Å². The predicted octanol–water partition coefficient (Wildman–Crippen LogP) is 4.13. The number of carbonyl (C=O) groups is 1. The van der Waals surface area contributed by atoms with Crippen molar-refractivity contribution in [1.29, 1.82) is 0 Å². The molecule has 0 aliphatic rings. The van der Waals surface area contributed by atoms with Crippen LogP contribution in [-0.2, 0) is 11.3 Å². The molecule has 0 atom stereocenters. The van der Waals surface area contributed by atoms with E-state index in [2.05, 4.69) is 15.3 Å². The van der Waals surface area contributed by atoms with Crippen molar-refractivity contribution in [3.8, 4) is 11.5 Å². The molecule has 31 heavy (non-hydrogen) atoms. The maximum absolute atomic E-state index is 13.0. The highest BCUT2D eigenvalue weighted by molar-refractivity contribution is 7.71. The Morgan fingerprint density at radius 1 is 1.26 bits per heavy atom. The molecule has 3 rings (SSSR count). The summed E-state index contributed by atoms with van der Waals surface area (Å²) in [5, 5.41) is 9.75. The van der Waals surface area contributed by atoms with Gasteiger partial charge in [0.1, 0.15) is 23.7 Å². The third-order valence-corrected chi connectivity index (χ3v) is 4.44. The highest BCUT2D eigenvalue weighted by Crippen LogP contribution is 2.24. The van der Waals surface area contributed by atoms with Crippen LogP contribution in [0.25, 0.3) is 0 Å². The second-order valence-corrected chi connectivity index (χ2v) is 6.48. The largest absolute Gasteiger partial charge is 0.496 e. The number of alkyl halides is 2. The van der Waals surface area contributed by atoms with Crippen molar-refractivity contribution in [2.45, 2.75) is 13.0 Å². The Morgan fingerprint density at radius 3 is 2.74 bits per heavy atom. The third kappa shape index (κ3) is 5.12. The van der Waals surface area contributed by atoms with E-state index >= 15 is 0 Å². The Bertz CT molecular complexity index is 1160. The molecule has 3 aromatic rings. The molecule has 0 saturated carbocycles. The lowest BCUT2D eigenvalue weighted by atomic mass is 10.1. The Labute approximate surface area is 181 Å². The lowest BCUT2D eigenvalue weighted by molar-refractivity contribution is 0.0595. The van der Waals surface area contributed by atoms with Gasteiger partial charge >= 0.3 is 5.97 Å². The number of hydrogen-bond donors (Lipinski definition) is 1. The van der Waals surface area contributed by atoms with Crippen molar-refractivity contribution in [2.24, 2.45) is 5.10 Å². The number of H-pyrrole nitrogens is 1. The van der Waals surface area contributed by atoms with E-state index in [1.54, 1.807) is 42.5 Å². The van der Waals surface area contributed by atoms with Crippen molar-refractivity contribution >= 4 is 24.4 Å². The number of nitrogens with zero attached hydrogens (tertiary/aromatic N) is 3. The number of hydrogen-bond acceptors (Lipinski definition) is 7. The predicted molar refractivity (Wildman–Crippen MR) is 110 cm³/mol. The number of esters is 1. The van der Waals surface area contributed by atoms with Crippen LogP contribution in [0.3, 0.4) is 0 Å². The number of aromatic amines is 1. The molecule has 0 spiro atoms. The summed E-state index contributed by atoms with van der Waals surface area (Å²) in [5.74, 6) is -0.212. The topological polar surface area (TPSA) is 90.7 Å². The Kier molecular flexibility index (Phi) is 7.08. The van der Waals surface area contributed by atoms with Gasteiger partial charge in [-0.3, -0.25) is 0 Å². The van der Waals surface area contributed by atoms with Crippen molar-refractivity contribution in [3.05, 3.63) is 69.8 Å². The first-order valence-electron chi connectivity index (χ1n) is 8.91. The number of para-hydroxylation sites is 1. The molecule has 1 heterocycles. The fourth-order valence-corrected chi connectivity index (χ4v) is 2.89. The van der Waals surface area contributed by atoms with Crippen molar-refractivity contribution in [3.63, 3.8) is 0 Å². The van der Waals surface area contributed by atoms with E-state index in [4.69, 9.17) is 26.4 Å². The number of methoxy groups -OCH3 is 2. The first-order chi connectivity index (χ1) is 14.9. The van der Waals surface area contributed by atoms with Crippen LogP contribution < -0.4 is 9.47 Å². The molecule has 0 fully saturated rings. The second-order valence-electron chi connectivity index (χ2n) is 6.09. The van der Waals surface area contributed by atoms with Gasteiger partial charge in [0.2, 0.25) is 10.6 Å². The number of carbonyl (C=O) groups excluding carboxylic acids is 1. The zero-order valence-electron chi connectivity index (χ0n) is 16.5. The van der Waals surface area contributed by atoms with E-state index in [0.29, 0.717) is 22.6 Å². The molecule has 8 nitrogen and oxygen atoms in total. The molecule has 1 N–H and O–H groups in total. The third-order valence-electron chi connectivity index (χ3n) is 4.17. The minimum Gasteiger partial charge on any atom is -0.496 e. The highest BCUT2D eigenvalue weighted by atomic mass is 32.1. The zero-order valence-corrected chi connectivity index (χ0v) is 17.4. The molecule has 0 radical (unpaired) electrons. The molecule has 0 aliphatic heterocycles. The van der Waals surface area contributed by atoms with E-state index in [1.807, 2.05) is 0 Å². The van der Waals surface area contributed by atoms with Gasteiger partial charge < -0.3 is 14.2 Å². The molecule has 0 aliphatic carbocycles. The van der Waals surface area contributed by atoms with Crippen molar-refractivity contribution < 1.29 is 27.8 Å². The van der Waals surface area contributed by atoms with Crippen LogP contribution in [0.2, 0.25) is 0 Å². The summed E-state index contributed by atoms with van der Waals surface area (Å²) in [5.41, 5.74) is 1.52. The molecule has 1 aromatic heterocycles. The summed E-state index contributed by atoms with van der Waals surface area (Å²) in [6, 6.07) is 11.8. The van der Waals surface area contributed by atoms with Crippen LogP contribution in [0.1, 0.15) is 33.7 Å². The van der Waals surface area contributed by atoms with Gasteiger partial charge in [-0.15, -0.1) is 0 Å². The number of aromatic nitrogens is 3. The molecule has 0 bridgehead atoms. The molecule has 162 valence electrons. The fraction of sp³-hybridized carbons (Fsp3) is 0.200. The van der Waals surface area contributed by atoms with E-state index in [1.165, 1.54) is 20.4 Å². The minimum absolute atomic E-state index is 0.0527. The molecule has 11 heteroatoms. The van der Waals surface area contributed by atoms with Gasteiger partial charge in [0.05, 0.1) is 20.4 Å². The van der Waals surface area contributed by atoms with Gasteiger partial charge in [-0.2, -0.15) is 14.9 Å². The molecule has 0 saturated heterocycles. The van der Waals surface area contributed by atoms with Gasteiger partial charge in [-0.25, -0.2) is 18.7 Å². The molecular formula is C20H18F2N4O4S. The lowest BCUT2D eigenvalue weighted by Gasteiger charge is -2.13. The summed E-state index contributed by atoms with van der Waals surface area (Å²) in [6.45, 7) is 0.0757. The lowest BCUT2D eigenvalue weighted by Crippen LogP contribution is -2.06. The summed E-state index contributed by atoms with van der Waals surface area (Å²) >= 11 is 4.93. The first-order valence-corrected chi connectivity index (χ1v) is 9.32. The van der Waals surface area contributed by atoms with Crippen molar-refractivity contribution in [1.82, 2.24) is 14.9 Å². The van der Waals surface area contributed by atoms with Gasteiger partial charge in [-0.1, -0.05) is 12.1 Å². The summed E-state index contributed by atoms with van der Waals surface area (Å²) in [6.07, 6.45) is -1.47. The number of nitrogens with one attached hydrogen (secondary N) is 1. The number of ether oxygens (including phenoxy) is 3. The number of halogens is 2. The summed E-state index contributed by atoms with van der Waals surface area (Å²) in [4.78, 5) is 11.9. The molecule has 0 unspecified atom stereocenters. The van der Waals surface area contributed by atoms with E-state index < -0.39 is 18.2 Å². The average molecular weight is 448 g/mol. The molecular weight excluding hydrogens is 430 g/mol. The van der Waals surface area contributed by atoms with E-state index in [9.17, 15) is 13.6 Å². The Morgan fingerprint density at radius 2 is 2.03 bits per heavy atom. The number of rotatable bonds is 8. The van der Waals surface area contributed by atoms with Crippen LogP contribution in [0.5, 0.6) is 11.5 Å². The van der Waals surface area contributed by atoms with Gasteiger partial charge in [-0.05, 0) is 48.1 Å². The van der Waals surface area contributed by atoms with Gasteiger partial charge in [0.25, 0.3) is 6.43 Å². The monoisotopic (exact) mass is 448 g/mol. The number of benzene rings is 2. The SMILES string of the molecule is COC(=O)c1ccccc1OCc1cc(/C=N\n2c(C(F)F)n[nH]c2=S)ccc1OC. The van der Waals surface area contributed by atoms with Crippen LogP contribution in [0.4, 0.5) is 8.78 Å². The van der Waals surface area contributed by atoms with Crippen LogP contribution in [0, 0.1) is 4.77 Å². The zero-order chi connectivity index (χ0) is 22.4. The standard InChI is InChI=1S/C20H18F2N4O4S/c1-28-15-8-7-12(10-23-26-18(17(21)22)24-25-20(26)31)9-13(15)11-30-16-6-4-3-5-14(16)19(27)29-2/h3-10,17H,11H2,1-2H3,(H,25,31)/b23-10-. The Balaban J connectivity index is 1.85. The normalized spacial score (nSPS) is 11.1. The van der Waals surface area contributed by atoms with Crippen LogP contribution in [0.15, 0.2) is 47.6 Å². The fourth-order valence-electron chi connectivity index (χ4n) is 2.70. The maximum Gasteiger partial charge on any atom is 0.341 e.